The summed E-state index contributed by atoms with van der Waals surface area (Å²) in [4.78, 5) is 40.5. The quantitative estimate of drug-likeness (QED) is 0.897. The molecule has 1 aliphatic heterocycles. The Kier molecular flexibility index (Phi) is 4.64. The van der Waals surface area contributed by atoms with Crippen molar-refractivity contribution >= 4 is 17.6 Å². The van der Waals surface area contributed by atoms with Crippen molar-refractivity contribution in [1.29, 1.82) is 0 Å². The SMILES string of the molecule is CC1=CC(=O)N([C@@H](C(=O)NC(C)(C)C)c2ccccc2)[C@@]12C=CC=CC2=O. The molecule has 27 heavy (non-hydrogen) atoms. The van der Waals surface area contributed by atoms with Crippen LogP contribution in [0, 0.1) is 0 Å². The summed E-state index contributed by atoms with van der Waals surface area (Å²) in [5.74, 6) is -0.895. The minimum Gasteiger partial charge on any atom is -0.349 e. The number of allylic oxidation sites excluding steroid dienone is 2. The number of rotatable bonds is 3. The van der Waals surface area contributed by atoms with Crippen molar-refractivity contribution in [3.63, 3.8) is 0 Å². The number of amides is 2. The number of ketones is 1. The van der Waals surface area contributed by atoms with Gasteiger partial charge in [-0.3, -0.25) is 14.4 Å². The first-order chi connectivity index (χ1) is 12.7. The van der Waals surface area contributed by atoms with E-state index >= 15 is 0 Å². The highest BCUT2D eigenvalue weighted by atomic mass is 16.2. The summed E-state index contributed by atoms with van der Waals surface area (Å²) in [6.45, 7) is 7.40. The molecule has 1 N–H and O–H groups in total. The number of carbonyl (C=O) groups is 3. The van der Waals surface area contributed by atoms with Crippen LogP contribution in [-0.4, -0.2) is 33.6 Å². The van der Waals surface area contributed by atoms with E-state index in [2.05, 4.69) is 5.32 Å². The van der Waals surface area contributed by atoms with Gasteiger partial charge in [0, 0.05) is 11.6 Å². The molecule has 140 valence electrons. The van der Waals surface area contributed by atoms with E-state index in [1.165, 1.54) is 17.1 Å². The van der Waals surface area contributed by atoms with E-state index in [-0.39, 0.29) is 17.6 Å². The minimum absolute atomic E-state index is 0.228. The van der Waals surface area contributed by atoms with Crippen LogP contribution in [0.5, 0.6) is 0 Å². The van der Waals surface area contributed by atoms with Crippen LogP contribution >= 0.6 is 0 Å². The van der Waals surface area contributed by atoms with Gasteiger partial charge in [0.1, 0.15) is 11.6 Å². The molecule has 0 saturated heterocycles. The highest BCUT2D eigenvalue weighted by Crippen LogP contribution is 2.41. The molecule has 0 unspecified atom stereocenters. The van der Waals surface area contributed by atoms with Crippen molar-refractivity contribution in [3.8, 4) is 0 Å². The van der Waals surface area contributed by atoms with Crippen LogP contribution in [0.2, 0.25) is 0 Å². The summed E-state index contributed by atoms with van der Waals surface area (Å²) >= 11 is 0. The van der Waals surface area contributed by atoms with E-state index in [0.717, 1.165) is 0 Å². The molecule has 0 saturated carbocycles. The van der Waals surface area contributed by atoms with Gasteiger partial charge >= 0.3 is 0 Å². The molecule has 5 nitrogen and oxygen atoms in total. The summed E-state index contributed by atoms with van der Waals surface area (Å²) in [6.07, 6.45) is 7.99. The fourth-order valence-corrected chi connectivity index (χ4v) is 3.62. The van der Waals surface area contributed by atoms with Crippen molar-refractivity contribution in [3.05, 3.63) is 71.8 Å². The molecule has 3 rings (SSSR count). The third-order valence-electron chi connectivity index (χ3n) is 4.75. The maximum atomic E-state index is 13.2. The third-order valence-corrected chi connectivity index (χ3v) is 4.75. The minimum atomic E-state index is -1.26. The smallest absolute Gasteiger partial charge is 0.248 e. The second-order valence-corrected chi connectivity index (χ2v) is 7.94. The van der Waals surface area contributed by atoms with Gasteiger partial charge in [-0.05, 0) is 51.0 Å². The maximum absolute atomic E-state index is 13.2. The van der Waals surface area contributed by atoms with E-state index in [0.29, 0.717) is 11.1 Å². The number of nitrogens with one attached hydrogen (secondary N) is 1. The molecule has 5 heteroatoms. The van der Waals surface area contributed by atoms with Crippen molar-refractivity contribution in [2.45, 2.75) is 44.8 Å². The second kappa shape index (κ2) is 6.65. The van der Waals surface area contributed by atoms with Crippen LogP contribution in [0.1, 0.15) is 39.3 Å². The lowest BCUT2D eigenvalue weighted by Gasteiger charge is -2.42. The van der Waals surface area contributed by atoms with Gasteiger partial charge in [0.05, 0.1) is 0 Å². The zero-order valence-electron chi connectivity index (χ0n) is 16.0. The van der Waals surface area contributed by atoms with Crippen LogP contribution in [0.3, 0.4) is 0 Å². The fourth-order valence-electron chi connectivity index (χ4n) is 3.62. The van der Waals surface area contributed by atoms with Gasteiger partial charge in [-0.15, -0.1) is 0 Å². The number of hydrogen-bond acceptors (Lipinski definition) is 3. The first-order valence-corrected chi connectivity index (χ1v) is 8.96. The van der Waals surface area contributed by atoms with Gasteiger partial charge in [-0.25, -0.2) is 0 Å². The zero-order chi connectivity index (χ0) is 19.8. The van der Waals surface area contributed by atoms with Crippen molar-refractivity contribution < 1.29 is 14.4 Å². The summed E-state index contributed by atoms with van der Waals surface area (Å²) in [6, 6.07) is 8.16. The third kappa shape index (κ3) is 3.25. The molecule has 1 heterocycles. The Morgan fingerprint density at radius 1 is 1.11 bits per heavy atom. The standard InChI is InChI=1S/C22H24N2O3/c1-15-14-18(26)24(22(15)13-9-8-12-17(22)25)19(16-10-6-5-7-11-16)20(27)23-21(2,3)4/h5-14,19H,1-4H3,(H,23,27)/t19-,22+/m1/s1. The molecule has 1 aromatic rings. The van der Waals surface area contributed by atoms with Crippen LogP contribution in [-0.2, 0) is 14.4 Å². The summed E-state index contributed by atoms with van der Waals surface area (Å²) in [5.41, 5.74) is -0.468. The van der Waals surface area contributed by atoms with Crippen LogP contribution < -0.4 is 5.32 Å². The normalized spacial score (nSPS) is 23.0. The fraction of sp³-hybridized carbons (Fsp3) is 0.318. The average molecular weight is 364 g/mol. The van der Waals surface area contributed by atoms with E-state index in [4.69, 9.17) is 0 Å². The van der Waals surface area contributed by atoms with Gasteiger partial charge in [-0.1, -0.05) is 42.5 Å². The summed E-state index contributed by atoms with van der Waals surface area (Å²) < 4.78 is 0. The molecule has 0 fully saturated rings. The topological polar surface area (TPSA) is 66.5 Å². The monoisotopic (exact) mass is 364 g/mol. The molecule has 1 aliphatic carbocycles. The lowest BCUT2D eigenvalue weighted by atomic mass is 9.82. The first kappa shape index (κ1) is 18.8. The molecule has 1 spiro atoms. The van der Waals surface area contributed by atoms with E-state index in [1.54, 1.807) is 37.3 Å². The Morgan fingerprint density at radius 2 is 1.78 bits per heavy atom. The average Bonchev–Trinajstić information content (AvgIpc) is 2.82. The Labute approximate surface area is 159 Å². The van der Waals surface area contributed by atoms with Gasteiger partial charge in [0.2, 0.25) is 11.8 Å². The van der Waals surface area contributed by atoms with Gasteiger partial charge in [0.25, 0.3) is 0 Å². The van der Waals surface area contributed by atoms with Crippen LogP contribution in [0.4, 0.5) is 0 Å². The molecule has 2 amide bonds. The molecule has 2 atom stereocenters. The molecular weight excluding hydrogens is 340 g/mol. The van der Waals surface area contributed by atoms with Crippen LogP contribution in [0.15, 0.2) is 66.3 Å². The Balaban J connectivity index is 2.15. The zero-order valence-corrected chi connectivity index (χ0v) is 16.0. The molecule has 2 aliphatic rings. The lowest BCUT2D eigenvalue weighted by molar-refractivity contribution is -0.144. The molecule has 0 aromatic heterocycles. The van der Waals surface area contributed by atoms with Gasteiger partial charge < -0.3 is 10.2 Å². The van der Waals surface area contributed by atoms with E-state index < -0.39 is 17.1 Å². The van der Waals surface area contributed by atoms with Gasteiger partial charge in [0.15, 0.2) is 5.78 Å². The van der Waals surface area contributed by atoms with E-state index in [1.807, 2.05) is 39.0 Å². The summed E-state index contributed by atoms with van der Waals surface area (Å²) in [5, 5.41) is 2.96. The second-order valence-electron chi connectivity index (χ2n) is 7.94. The van der Waals surface area contributed by atoms with Gasteiger partial charge in [-0.2, -0.15) is 0 Å². The number of nitrogens with zero attached hydrogens (tertiary/aromatic N) is 1. The largest absolute Gasteiger partial charge is 0.349 e. The highest BCUT2D eigenvalue weighted by Gasteiger charge is 2.53. The lowest BCUT2D eigenvalue weighted by Crippen LogP contribution is -2.58. The Morgan fingerprint density at radius 3 is 2.37 bits per heavy atom. The number of benzene rings is 1. The van der Waals surface area contributed by atoms with Crippen molar-refractivity contribution in [2.24, 2.45) is 0 Å². The molecule has 1 aromatic carbocycles. The van der Waals surface area contributed by atoms with Crippen LogP contribution in [0.25, 0.3) is 0 Å². The summed E-state index contributed by atoms with van der Waals surface area (Å²) in [7, 11) is 0. The molecule has 0 bridgehead atoms. The predicted molar refractivity (Wildman–Crippen MR) is 104 cm³/mol. The van der Waals surface area contributed by atoms with Crippen molar-refractivity contribution in [1.82, 2.24) is 10.2 Å². The number of hydrogen-bond donors (Lipinski definition) is 1. The Bertz CT molecular complexity index is 875. The Hall–Kier alpha value is -2.95. The first-order valence-electron chi connectivity index (χ1n) is 8.96. The van der Waals surface area contributed by atoms with Crippen molar-refractivity contribution in [2.75, 3.05) is 0 Å². The maximum Gasteiger partial charge on any atom is 0.248 e. The predicted octanol–water partition coefficient (Wildman–Crippen LogP) is 2.86. The number of carbonyl (C=O) groups excluding carboxylic acids is 3. The molecular formula is C22H24N2O3. The highest BCUT2D eigenvalue weighted by molar-refractivity contribution is 6.12. The molecule has 0 radical (unpaired) electrons. The van der Waals surface area contributed by atoms with E-state index in [9.17, 15) is 14.4 Å².